The van der Waals surface area contributed by atoms with Gasteiger partial charge in [-0.05, 0) is 43.0 Å². The van der Waals surface area contributed by atoms with Crippen LogP contribution in [0.15, 0.2) is 18.5 Å². The Labute approximate surface area is 107 Å². The average molecular weight is 246 g/mol. The Morgan fingerprint density at radius 2 is 2.22 bits per heavy atom. The van der Waals surface area contributed by atoms with E-state index in [1.807, 2.05) is 12.1 Å². The minimum Gasteiger partial charge on any atom is -0.452 e. The number of hydrogen-bond acceptors (Lipinski definition) is 3. The highest BCUT2D eigenvalue weighted by atomic mass is 16.5. The van der Waals surface area contributed by atoms with Gasteiger partial charge >= 0.3 is 6.09 Å². The molecule has 0 aliphatic carbocycles. The summed E-state index contributed by atoms with van der Waals surface area (Å²) >= 11 is 0. The fraction of sp³-hybridized carbons (Fsp3) is 0.429. The first-order chi connectivity index (χ1) is 8.67. The molecule has 4 nitrogen and oxygen atoms in total. The summed E-state index contributed by atoms with van der Waals surface area (Å²) < 4.78 is 6.19. The van der Waals surface area contributed by atoms with E-state index < -0.39 is 6.09 Å². The molecule has 0 saturated carbocycles. The van der Waals surface area contributed by atoms with Crippen molar-refractivity contribution in [2.75, 3.05) is 7.11 Å². The molecule has 0 saturated heterocycles. The molecule has 0 fully saturated rings. The van der Waals surface area contributed by atoms with Crippen molar-refractivity contribution in [1.82, 2.24) is 9.55 Å². The van der Waals surface area contributed by atoms with E-state index in [2.05, 4.69) is 18.8 Å². The van der Waals surface area contributed by atoms with Gasteiger partial charge in [0.05, 0.1) is 18.1 Å². The molecule has 1 aromatic carbocycles. The molecule has 0 spiro atoms. The van der Waals surface area contributed by atoms with Crippen LogP contribution in [-0.4, -0.2) is 22.8 Å². The van der Waals surface area contributed by atoms with Gasteiger partial charge in [0.2, 0.25) is 0 Å². The molecule has 18 heavy (non-hydrogen) atoms. The summed E-state index contributed by atoms with van der Waals surface area (Å²) in [5, 5.41) is 0. The van der Waals surface area contributed by atoms with Gasteiger partial charge in [0, 0.05) is 0 Å². The predicted molar refractivity (Wildman–Crippen MR) is 70.9 cm³/mol. The van der Waals surface area contributed by atoms with Gasteiger partial charge in [-0.25, -0.2) is 14.3 Å². The fourth-order valence-electron chi connectivity index (χ4n) is 2.08. The number of carbonyl (C=O) groups excluding carboxylic acids is 1. The monoisotopic (exact) mass is 246 g/mol. The van der Waals surface area contributed by atoms with Crippen LogP contribution in [0.5, 0.6) is 0 Å². The standard InChI is InChI=1S/C14H18N2O2/c1-4-5-6-11-8-13-12(7-10(11)2)15-9-16(13)14(17)18-3/h7-9H,4-6H2,1-3H3. The molecule has 2 rings (SSSR count). The number of nitrogens with zero attached hydrogens (tertiary/aromatic N) is 2. The van der Waals surface area contributed by atoms with E-state index in [-0.39, 0.29) is 0 Å². The largest absolute Gasteiger partial charge is 0.452 e. The van der Waals surface area contributed by atoms with Gasteiger partial charge in [-0.15, -0.1) is 0 Å². The number of hydrogen-bond donors (Lipinski definition) is 0. The van der Waals surface area contributed by atoms with Crippen LogP contribution in [0.25, 0.3) is 11.0 Å². The maximum absolute atomic E-state index is 11.6. The second-order valence-corrected chi connectivity index (χ2v) is 4.46. The molecule has 0 radical (unpaired) electrons. The molecule has 0 unspecified atom stereocenters. The first kappa shape index (κ1) is 12.6. The van der Waals surface area contributed by atoms with E-state index in [0.717, 1.165) is 30.3 Å². The number of aromatic nitrogens is 2. The van der Waals surface area contributed by atoms with Gasteiger partial charge < -0.3 is 4.74 Å². The summed E-state index contributed by atoms with van der Waals surface area (Å²) in [5.74, 6) is 0. The summed E-state index contributed by atoms with van der Waals surface area (Å²) in [4.78, 5) is 15.8. The molecular formula is C14H18N2O2. The fourth-order valence-corrected chi connectivity index (χ4v) is 2.08. The van der Waals surface area contributed by atoms with Crippen molar-refractivity contribution in [3.63, 3.8) is 0 Å². The molecule has 0 aliphatic rings. The van der Waals surface area contributed by atoms with Crippen LogP contribution in [0.1, 0.15) is 30.9 Å². The van der Waals surface area contributed by atoms with Crippen molar-refractivity contribution < 1.29 is 9.53 Å². The summed E-state index contributed by atoms with van der Waals surface area (Å²) in [7, 11) is 1.38. The second kappa shape index (κ2) is 5.21. The van der Waals surface area contributed by atoms with Crippen LogP contribution in [-0.2, 0) is 11.2 Å². The van der Waals surface area contributed by atoms with E-state index >= 15 is 0 Å². The number of carbonyl (C=O) groups is 1. The van der Waals surface area contributed by atoms with E-state index in [9.17, 15) is 4.79 Å². The molecule has 0 N–H and O–H groups in total. The van der Waals surface area contributed by atoms with Gasteiger partial charge in [0.15, 0.2) is 0 Å². The van der Waals surface area contributed by atoms with Crippen molar-refractivity contribution >= 4 is 17.1 Å². The van der Waals surface area contributed by atoms with E-state index in [0.29, 0.717) is 0 Å². The number of rotatable bonds is 3. The Kier molecular flexibility index (Phi) is 3.65. The van der Waals surface area contributed by atoms with E-state index in [1.165, 1.54) is 29.1 Å². The van der Waals surface area contributed by atoms with Crippen molar-refractivity contribution in [1.29, 1.82) is 0 Å². The van der Waals surface area contributed by atoms with Crippen LogP contribution in [0.4, 0.5) is 4.79 Å². The molecule has 1 aromatic heterocycles. The number of imidazole rings is 1. The van der Waals surface area contributed by atoms with Gasteiger partial charge in [-0.3, -0.25) is 0 Å². The summed E-state index contributed by atoms with van der Waals surface area (Å²) in [5.41, 5.74) is 4.15. The Balaban J connectivity index is 2.48. The van der Waals surface area contributed by atoms with Crippen LogP contribution >= 0.6 is 0 Å². The van der Waals surface area contributed by atoms with Crippen LogP contribution in [0, 0.1) is 6.92 Å². The lowest BCUT2D eigenvalue weighted by molar-refractivity contribution is 0.174. The number of aryl methyl sites for hydroxylation is 2. The van der Waals surface area contributed by atoms with Crippen LogP contribution in [0.3, 0.4) is 0 Å². The lowest BCUT2D eigenvalue weighted by atomic mass is 10.0. The quantitative estimate of drug-likeness (QED) is 0.834. The first-order valence-electron chi connectivity index (χ1n) is 6.22. The summed E-state index contributed by atoms with van der Waals surface area (Å²) in [6.07, 6.45) is 4.46. The molecule has 96 valence electrons. The zero-order valence-corrected chi connectivity index (χ0v) is 11.1. The first-order valence-corrected chi connectivity index (χ1v) is 6.22. The van der Waals surface area contributed by atoms with Gasteiger partial charge in [0.25, 0.3) is 0 Å². The third-order valence-electron chi connectivity index (χ3n) is 3.18. The Morgan fingerprint density at radius 1 is 1.44 bits per heavy atom. The number of unbranched alkanes of at least 4 members (excludes halogenated alkanes) is 1. The lowest BCUT2D eigenvalue weighted by Gasteiger charge is -2.07. The normalized spacial score (nSPS) is 10.8. The minimum absolute atomic E-state index is 0.400. The Hall–Kier alpha value is -1.84. The van der Waals surface area contributed by atoms with E-state index in [4.69, 9.17) is 4.74 Å². The highest BCUT2D eigenvalue weighted by Gasteiger charge is 2.11. The summed E-state index contributed by atoms with van der Waals surface area (Å²) in [6.45, 7) is 4.26. The predicted octanol–water partition coefficient (Wildman–Crippen LogP) is 3.30. The number of benzene rings is 1. The average Bonchev–Trinajstić information content (AvgIpc) is 2.77. The third kappa shape index (κ3) is 2.23. The highest BCUT2D eigenvalue weighted by Crippen LogP contribution is 2.20. The van der Waals surface area contributed by atoms with Crippen molar-refractivity contribution in [2.45, 2.75) is 33.1 Å². The van der Waals surface area contributed by atoms with Gasteiger partial charge in [0.1, 0.15) is 6.33 Å². The lowest BCUT2D eigenvalue weighted by Crippen LogP contribution is -2.09. The van der Waals surface area contributed by atoms with Crippen molar-refractivity contribution in [3.05, 3.63) is 29.6 Å². The number of fused-ring (bicyclic) bond motifs is 1. The summed E-state index contributed by atoms with van der Waals surface area (Å²) in [6, 6.07) is 4.07. The zero-order valence-electron chi connectivity index (χ0n) is 11.1. The Morgan fingerprint density at radius 3 is 2.89 bits per heavy atom. The Bertz CT molecular complexity index is 572. The van der Waals surface area contributed by atoms with Gasteiger partial charge in [-0.1, -0.05) is 13.3 Å². The molecule has 0 amide bonds. The zero-order chi connectivity index (χ0) is 13.1. The smallest absolute Gasteiger partial charge is 0.419 e. The molecule has 0 aliphatic heterocycles. The van der Waals surface area contributed by atoms with Crippen molar-refractivity contribution in [3.8, 4) is 0 Å². The number of methoxy groups -OCH3 is 1. The minimum atomic E-state index is -0.400. The molecule has 0 bridgehead atoms. The molecule has 0 atom stereocenters. The second-order valence-electron chi connectivity index (χ2n) is 4.46. The van der Waals surface area contributed by atoms with Gasteiger partial charge in [-0.2, -0.15) is 0 Å². The maximum atomic E-state index is 11.6. The topological polar surface area (TPSA) is 44.1 Å². The SMILES string of the molecule is CCCCc1cc2c(cc1C)ncn2C(=O)OC. The molecular weight excluding hydrogens is 228 g/mol. The van der Waals surface area contributed by atoms with Crippen LogP contribution < -0.4 is 0 Å². The molecule has 1 heterocycles. The molecule has 2 aromatic rings. The maximum Gasteiger partial charge on any atom is 0.419 e. The van der Waals surface area contributed by atoms with Crippen molar-refractivity contribution in [2.24, 2.45) is 0 Å². The van der Waals surface area contributed by atoms with E-state index in [1.54, 1.807) is 0 Å². The van der Waals surface area contributed by atoms with Crippen LogP contribution in [0.2, 0.25) is 0 Å². The third-order valence-corrected chi connectivity index (χ3v) is 3.18. The molecule has 4 heteroatoms. The number of ether oxygens (including phenoxy) is 1. The highest BCUT2D eigenvalue weighted by molar-refractivity contribution is 5.87.